The highest BCUT2D eigenvalue weighted by molar-refractivity contribution is 6.01. The van der Waals surface area contributed by atoms with Crippen LogP contribution in [0, 0.1) is 29.1 Å². The Kier molecular flexibility index (Phi) is 17.4. The first kappa shape index (κ1) is 53.0. The highest BCUT2D eigenvalue weighted by Crippen LogP contribution is 2.65. The van der Waals surface area contributed by atoms with Crippen LogP contribution in [0.2, 0.25) is 0 Å². The van der Waals surface area contributed by atoms with Crippen LogP contribution in [0.25, 0.3) is 0 Å². The summed E-state index contributed by atoms with van der Waals surface area (Å²) in [6.07, 6.45) is 0.628. The fourth-order valence-corrected chi connectivity index (χ4v) is 10.8. The van der Waals surface area contributed by atoms with Crippen molar-refractivity contribution in [3.8, 4) is 0 Å². The fraction of sp³-hybridized carbons (Fsp3) is 0.646. The average molecular weight is 972 g/mol. The summed E-state index contributed by atoms with van der Waals surface area (Å²) >= 11 is 0. The lowest BCUT2D eigenvalue weighted by Gasteiger charge is -2.58. The van der Waals surface area contributed by atoms with E-state index in [1.54, 1.807) is 38.1 Å². The molecule has 1 aliphatic heterocycles. The number of benzene rings is 1. The lowest BCUT2D eigenvalue weighted by atomic mass is 9.49. The van der Waals surface area contributed by atoms with Gasteiger partial charge in [-0.05, 0) is 99.1 Å². The first-order chi connectivity index (χ1) is 32.7. The van der Waals surface area contributed by atoms with Crippen molar-refractivity contribution in [2.45, 2.75) is 140 Å². The molecule has 19 nitrogen and oxygen atoms in total. The van der Waals surface area contributed by atoms with Crippen molar-refractivity contribution >= 4 is 47.1 Å². The number of rotatable bonds is 20. The number of hydrogen-bond acceptors (Lipinski definition) is 13. The molecule has 0 spiro atoms. The van der Waals surface area contributed by atoms with Crippen molar-refractivity contribution in [3.63, 3.8) is 0 Å². The van der Waals surface area contributed by atoms with E-state index in [2.05, 4.69) is 26.6 Å². The van der Waals surface area contributed by atoms with Gasteiger partial charge in [-0.25, -0.2) is 18.4 Å². The summed E-state index contributed by atoms with van der Waals surface area (Å²) in [4.78, 5) is 88.6. The molecule has 4 fully saturated rings. The molecule has 0 bridgehead atoms. The first-order valence-electron chi connectivity index (χ1n) is 23.8. The summed E-state index contributed by atoms with van der Waals surface area (Å²) in [5.74, 6) is -5.00. The van der Waals surface area contributed by atoms with E-state index >= 15 is 8.78 Å². The summed E-state index contributed by atoms with van der Waals surface area (Å²) in [5.41, 5.74) is 6.53. The van der Waals surface area contributed by atoms with Crippen molar-refractivity contribution in [2.24, 2.45) is 40.6 Å². The number of nitrogens with one attached hydrogen (secondary N) is 5. The number of urea groups is 1. The second kappa shape index (κ2) is 22.6. The Hall–Kier alpha value is -5.35. The van der Waals surface area contributed by atoms with Gasteiger partial charge in [0, 0.05) is 29.5 Å². The minimum absolute atomic E-state index is 0.00834. The van der Waals surface area contributed by atoms with Crippen LogP contribution in [0.1, 0.15) is 91.0 Å². The van der Waals surface area contributed by atoms with Crippen LogP contribution in [0.3, 0.4) is 0 Å². The predicted molar refractivity (Wildman–Crippen MR) is 245 cm³/mol. The third-order valence-electron chi connectivity index (χ3n) is 14.5. The molecule has 1 heterocycles. The van der Waals surface area contributed by atoms with Crippen LogP contribution in [0.15, 0.2) is 48.1 Å². The molecule has 21 heteroatoms. The number of aliphatic hydroxyl groups excluding tert-OH is 1. The number of carbonyl (C=O) groups is 7. The number of Topliss-reactive ketones (excluding diaryl/α,β-unsaturated/α-hetero) is 1. The zero-order valence-electron chi connectivity index (χ0n) is 39.6. The van der Waals surface area contributed by atoms with Gasteiger partial charge < -0.3 is 62.1 Å². The van der Waals surface area contributed by atoms with Crippen LogP contribution in [-0.2, 0) is 49.5 Å². The highest BCUT2D eigenvalue weighted by Gasteiger charge is 2.73. The summed E-state index contributed by atoms with van der Waals surface area (Å²) in [7, 11) is 0. The summed E-state index contributed by atoms with van der Waals surface area (Å²) in [6.45, 7) is 5.64. The van der Waals surface area contributed by atoms with Crippen molar-refractivity contribution in [2.75, 3.05) is 31.7 Å². The molecule has 10 N–H and O–H groups in total. The zero-order chi connectivity index (χ0) is 50.3. The van der Waals surface area contributed by atoms with Crippen molar-refractivity contribution < 1.29 is 66.4 Å². The Balaban J connectivity index is 0.978. The number of carbonyl (C=O) groups excluding carboxylic acids is 7. The summed E-state index contributed by atoms with van der Waals surface area (Å²) in [6, 6.07) is 3.83. The normalized spacial score (nSPS) is 31.0. The Labute approximate surface area is 399 Å². The number of ketones is 2. The van der Waals surface area contributed by atoms with Crippen molar-refractivity contribution in [1.29, 1.82) is 0 Å². The van der Waals surface area contributed by atoms with E-state index in [1.807, 2.05) is 6.92 Å². The molecule has 1 unspecified atom stereocenters. The maximum atomic E-state index is 18.0. The van der Waals surface area contributed by atoms with Gasteiger partial charge in [0.2, 0.25) is 17.7 Å². The number of aliphatic hydroxyl groups is 1. The number of allylic oxidation sites excluding steroid dienone is 4. The van der Waals surface area contributed by atoms with E-state index in [4.69, 9.17) is 30.4 Å². The van der Waals surface area contributed by atoms with Gasteiger partial charge in [-0.3, -0.25) is 24.0 Å². The Morgan fingerprint density at radius 2 is 1.75 bits per heavy atom. The quantitative estimate of drug-likeness (QED) is 0.0690. The van der Waals surface area contributed by atoms with Gasteiger partial charge in [0.05, 0.1) is 18.2 Å². The monoisotopic (exact) mass is 971 g/mol. The standard InChI is InChI=1S/C48H67F2N7O12/c1-5-8-40-68-38-20-30-31(9-6-11-36(59)48(50)32(30)21-34(49)33-19-29(58)16-17-46(33,48)4)47(38,69-40)37(60)24-66-25-55-39(61)22-54-45(65)67-23-27-12-14-28(15-13-27)56-42(62)35(10-7-18-53-44(52)64)57-43(63)41(51)26(2)3/h12-17,19,26,30-32,34-36,38,40-41,59H,5-11,18,20-25,51H2,1-4H3,(H,54,65)(H,55,61)(H,56,62)(H,57,63)(H3,52,53,64)/t30-,31-,32+,34+,35+,36+,38-,40?,41+,46+,47-,48+/m1/s1. The molecule has 69 heavy (non-hydrogen) atoms. The second-order valence-electron chi connectivity index (χ2n) is 19.2. The average Bonchev–Trinajstić information content (AvgIpc) is 3.81. The van der Waals surface area contributed by atoms with Gasteiger partial charge >= 0.3 is 12.1 Å². The van der Waals surface area contributed by atoms with Crippen molar-refractivity contribution in [3.05, 3.63) is 53.6 Å². The summed E-state index contributed by atoms with van der Waals surface area (Å²) in [5, 5.41) is 24.1. The number of nitrogens with two attached hydrogens (primary N) is 2. The van der Waals surface area contributed by atoms with E-state index < -0.39 is 132 Å². The zero-order valence-corrected chi connectivity index (χ0v) is 39.6. The molecular weight excluding hydrogens is 905 g/mol. The van der Waals surface area contributed by atoms with E-state index in [0.717, 1.165) is 6.08 Å². The van der Waals surface area contributed by atoms with Crippen LogP contribution >= 0.6 is 0 Å². The Morgan fingerprint density at radius 1 is 1.01 bits per heavy atom. The van der Waals surface area contributed by atoms with Gasteiger partial charge in [0.15, 0.2) is 29.1 Å². The van der Waals surface area contributed by atoms with Crippen LogP contribution < -0.4 is 38.1 Å². The number of ether oxygens (including phenoxy) is 4. The third kappa shape index (κ3) is 11.5. The minimum atomic E-state index is -2.35. The number of hydrogen-bond donors (Lipinski definition) is 8. The molecule has 0 radical (unpaired) electrons. The van der Waals surface area contributed by atoms with Gasteiger partial charge in [-0.15, -0.1) is 0 Å². The Morgan fingerprint density at radius 3 is 2.45 bits per heavy atom. The molecule has 3 saturated carbocycles. The smallest absolute Gasteiger partial charge is 0.407 e. The molecule has 6 amide bonds. The molecule has 5 aliphatic rings. The molecule has 1 aromatic rings. The van der Waals surface area contributed by atoms with E-state index in [1.165, 1.54) is 19.1 Å². The molecule has 6 rings (SSSR count). The number of halogens is 2. The fourth-order valence-electron chi connectivity index (χ4n) is 10.8. The third-order valence-corrected chi connectivity index (χ3v) is 14.5. The molecular formula is C48H67F2N7O12. The predicted octanol–water partition coefficient (Wildman–Crippen LogP) is 3.03. The molecule has 12 atom stereocenters. The second-order valence-corrected chi connectivity index (χ2v) is 19.2. The largest absolute Gasteiger partial charge is 0.445 e. The van der Waals surface area contributed by atoms with Gasteiger partial charge in [0.25, 0.3) is 0 Å². The number of anilines is 1. The minimum Gasteiger partial charge on any atom is -0.445 e. The number of alkyl halides is 2. The van der Waals surface area contributed by atoms with E-state index in [9.17, 15) is 38.7 Å². The summed E-state index contributed by atoms with van der Waals surface area (Å²) < 4.78 is 57.9. The van der Waals surface area contributed by atoms with Crippen LogP contribution in [0.4, 0.5) is 24.1 Å². The number of amides is 6. The lowest BCUT2D eigenvalue weighted by molar-refractivity contribution is -0.183. The highest BCUT2D eigenvalue weighted by atomic mass is 19.1. The molecule has 0 aromatic heterocycles. The first-order valence-corrected chi connectivity index (χ1v) is 23.8. The van der Waals surface area contributed by atoms with E-state index in [0.29, 0.717) is 43.4 Å². The maximum Gasteiger partial charge on any atom is 0.407 e. The Bertz CT molecular complexity index is 2150. The van der Waals surface area contributed by atoms with Crippen molar-refractivity contribution in [1.82, 2.24) is 21.3 Å². The van der Waals surface area contributed by atoms with Gasteiger partial charge in [-0.1, -0.05) is 51.8 Å². The van der Waals surface area contributed by atoms with Crippen LogP contribution in [-0.4, -0.2) is 121 Å². The van der Waals surface area contributed by atoms with E-state index in [-0.39, 0.29) is 50.3 Å². The lowest BCUT2D eigenvalue weighted by Crippen LogP contribution is -2.64. The molecule has 380 valence electrons. The van der Waals surface area contributed by atoms with Crippen LogP contribution in [0.5, 0.6) is 0 Å². The number of fused-ring (bicyclic) bond motifs is 7. The van der Waals surface area contributed by atoms with Gasteiger partial charge in [0.1, 0.15) is 38.7 Å². The topological polar surface area (TPSA) is 289 Å². The maximum absolute atomic E-state index is 18.0. The molecule has 4 aliphatic carbocycles. The SMILES string of the molecule is CCCC1O[C@@H]2C[C@@H]3[C@@H](CCC[C@H](O)[C@@]4(F)[C@H]3C[C@H](F)C3=CC(=O)C=C[C@@]34C)[C@]2(C(=O)COCNC(=O)CNC(=O)OCc2ccc(NC(=O)[C@H](CCCNC(N)=O)NC(=O)[C@@H](N)C(C)C)cc2)O1. The number of alkyl carbamates (subject to hydrolysis) is 1. The van der Waals surface area contributed by atoms with Gasteiger partial charge in [-0.2, -0.15) is 0 Å². The number of primary amides is 1. The molecule has 1 aromatic carbocycles. The molecule has 1 saturated heterocycles.